The fourth-order valence-corrected chi connectivity index (χ4v) is 5.20. The van der Waals surface area contributed by atoms with Crippen LogP contribution in [0.25, 0.3) is 10.8 Å². The molecule has 0 spiro atoms. The van der Waals surface area contributed by atoms with E-state index in [2.05, 4.69) is 89.7 Å². The van der Waals surface area contributed by atoms with Gasteiger partial charge in [-0.05, 0) is 0 Å². The van der Waals surface area contributed by atoms with E-state index in [0.717, 1.165) is 0 Å². The van der Waals surface area contributed by atoms with Gasteiger partial charge in [0.1, 0.15) is 0 Å². The van der Waals surface area contributed by atoms with Gasteiger partial charge in [-0.1, -0.05) is 32.8 Å². The average Bonchev–Trinajstić information content (AvgIpc) is 3.10. The van der Waals surface area contributed by atoms with Crippen molar-refractivity contribution in [2.75, 3.05) is 0 Å². The molecule has 2 aromatic carbocycles. The quantitative estimate of drug-likeness (QED) is 0.301. The molecule has 0 amide bonds. The molecule has 0 saturated carbocycles. The van der Waals surface area contributed by atoms with Gasteiger partial charge in [0.15, 0.2) is 0 Å². The molecule has 0 heterocycles. The van der Waals surface area contributed by atoms with Crippen LogP contribution in [-0.2, 0) is 23.3 Å². The van der Waals surface area contributed by atoms with E-state index < -0.39 is 0 Å². The van der Waals surface area contributed by atoms with Gasteiger partial charge in [-0.15, -0.1) is 61.4 Å². The molecule has 1 aliphatic rings. The van der Waals surface area contributed by atoms with Crippen molar-refractivity contribution in [3.05, 3.63) is 65.3 Å². The van der Waals surface area contributed by atoms with Crippen molar-refractivity contribution >= 4 is 41.0 Å². The third-order valence-corrected chi connectivity index (χ3v) is 7.50. The summed E-state index contributed by atoms with van der Waals surface area (Å²) < 4.78 is 0. The second kappa shape index (κ2) is 15.0. The molecule has 0 fully saturated rings. The Morgan fingerprint density at radius 1 is 1.12 bits per heavy atom. The van der Waals surface area contributed by atoms with Crippen LogP contribution in [0.5, 0.6) is 0 Å². The normalized spacial score (nSPS) is 14.9. The van der Waals surface area contributed by atoms with Crippen molar-refractivity contribution in [1.29, 1.82) is 0 Å². The van der Waals surface area contributed by atoms with E-state index in [1.54, 1.807) is 23.3 Å². The van der Waals surface area contributed by atoms with Crippen LogP contribution in [-0.4, -0.2) is 5.43 Å². The van der Waals surface area contributed by atoms with Crippen molar-refractivity contribution in [3.63, 3.8) is 0 Å². The van der Waals surface area contributed by atoms with E-state index in [1.165, 1.54) is 40.0 Å². The van der Waals surface area contributed by atoms with E-state index in [4.69, 9.17) is 0 Å². The van der Waals surface area contributed by atoms with E-state index in [-0.39, 0.29) is 30.2 Å². The molecular weight excluding hydrogens is 454 g/mol. The number of fused-ring (bicyclic) bond motifs is 1. The van der Waals surface area contributed by atoms with Crippen molar-refractivity contribution in [2.24, 2.45) is 5.92 Å². The number of allylic oxidation sites excluding steroid dienone is 4. The Bertz CT molecular complexity index is 698. The molecule has 0 aliphatic heterocycles. The molecule has 1 aliphatic carbocycles. The summed E-state index contributed by atoms with van der Waals surface area (Å²) in [6.07, 6.45) is 4.76. The minimum absolute atomic E-state index is 0. The topological polar surface area (TPSA) is 0 Å². The molecule has 142 valence electrons. The Kier molecular flexibility index (Phi) is 16.2. The number of hydrogen-bond acceptors (Lipinski definition) is 0. The van der Waals surface area contributed by atoms with Gasteiger partial charge in [0.05, 0.1) is 0 Å². The summed E-state index contributed by atoms with van der Waals surface area (Å²) >= 11 is 1.79. The van der Waals surface area contributed by atoms with Gasteiger partial charge < -0.3 is 0 Å². The summed E-state index contributed by atoms with van der Waals surface area (Å²) in [7, 11) is 0. The van der Waals surface area contributed by atoms with Gasteiger partial charge in [0.2, 0.25) is 0 Å². The molecule has 0 nitrogen and oxygen atoms in total. The molecule has 4 heteroatoms. The second-order valence-corrected chi connectivity index (χ2v) is 14.8. The van der Waals surface area contributed by atoms with Gasteiger partial charge in [-0.3, -0.25) is 6.08 Å². The first-order valence-corrected chi connectivity index (χ1v) is 14.7. The third-order valence-electron chi connectivity index (χ3n) is 4.41. The van der Waals surface area contributed by atoms with Crippen molar-refractivity contribution in [1.82, 2.24) is 0 Å². The van der Waals surface area contributed by atoms with E-state index in [9.17, 15) is 0 Å². The van der Waals surface area contributed by atoms with Crippen molar-refractivity contribution < 1.29 is 23.3 Å². The predicted molar refractivity (Wildman–Crippen MR) is 121 cm³/mol. The minimum Gasteiger partial charge on any atom is -0.168 e. The zero-order valence-corrected chi connectivity index (χ0v) is 21.9. The first-order valence-electron chi connectivity index (χ1n) is 8.79. The molecule has 2 aromatic rings. The number of rotatable bonds is 2. The summed E-state index contributed by atoms with van der Waals surface area (Å²) in [5, 5.41) is 2.66. The van der Waals surface area contributed by atoms with Crippen molar-refractivity contribution in [2.45, 2.75) is 53.6 Å². The molecule has 26 heavy (non-hydrogen) atoms. The van der Waals surface area contributed by atoms with Gasteiger partial charge in [0.25, 0.3) is 0 Å². The number of benzene rings is 1. The molecular formula is C22H32Cl2SiZr. The fourth-order valence-electron chi connectivity index (χ4n) is 2.61. The first kappa shape index (κ1) is 28.2. The van der Waals surface area contributed by atoms with Crippen LogP contribution in [0.3, 0.4) is 0 Å². The number of hydrogen-bond donors (Lipinski definition) is 0. The standard InChI is InChI=1S/C9H7.C9H13.C4H10Si.2ClH.Zr/c1-2-5-9-7-3-6-8(9)4-1;1-6-5-7(2)9(4)8(6)3;1-3-4-5-2;;;/h1-7H;6H,1-4H3;3-4H2,1-2H3;2*1H;/q2*-1;;;;+2. The maximum Gasteiger partial charge on any atom is -0.0809 e. The van der Waals surface area contributed by atoms with Crippen molar-refractivity contribution in [3.8, 4) is 0 Å². The van der Waals surface area contributed by atoms with E-state index in [1.807, 2.05) is 0 Å². The van der Waals surface area contributed by atoms with Crippen LogP contribution >= 0.6 is 24.8 Å². The van der Waals surface area contributed by atoms with Crippen LogP contribution in [0.2, 0.25) is 12.6 Å². The Morgan fingerprint density at radius 3 is 2.08 bits per heavy atom. The Hall–Kier alpha value is -0.0100. The van der Waals surface area contributed by atoms with Crippen LogP contribution in [0.15, 0.2) is 59.2 Å². The summed E-state index contributed by atoms with van der Waals surface area (Å²) in [4.78, 5) is 0. The van der Waals surface area contributed by atoms with Crippen LogP contribution in [0.4, 0.5) is 0 Å². The average molecular weight is 487 g/mol. The van der Waals surface area contributed by atoms with Crippen LogP contribution in [0, 0.1) is 12.0 Å². The Balaban J connectivity index is 0. The van der Waals surface area contributed by atoms with Gasteiger partial charge >= 0.3 is 54.7 Å². The zero-order chi connectivity index (χ0) is 18.1. The fraction of sp³-hybridized carbons (Fsp3) is 0.409. The Morgan fingerprint density at radius 2 is 1.73 bits per heavy atom. The predicted octanol–water partition coefficient (Wildman–Crippen LogP) is 7.69. The molecule has 1 unspecified atom stereocenters. The summed E-state index contributed by atoms with van der Waals surface area (Å²) in [6.45, 7) is 13.3. The number of halogens is 2. The maximum atomic E-state index is 3.36. The van der Waals surface area contributed by atoms with E-state index >= 15 is 0 Å². The summed E-state index contributed by atoms with van der Waals surface area (Å²) in [5.41, 5.74) is 4.45. The molecule has 3 rings (SSSR count). The van der Waals surface area contributed by atoms with Crippen LogP contribution in [0.1, 0.15) is 41.0 Å². The van der Waals surface area contributed by atoms with Gasteiger partial charge in [0, 0.05) is 0 Å². The molecule has 1 atom stereocenters. The van der Waals surface area contributed by atoms with Crippen LogP contribution < -0.4 is 0 Å². The largest absolute Gasteiger partial charge is 0.168 e. The molecule has 0 saturated heterocycles. The summed E-state index contributed by atoms with van der Waals surface area (Å²) in [6, 6.07) is 16.2. The van der Waals surface area contributed by atoms with E-state index in [0.29, 0.717) is 5.92 Å². The minimum atomic E-state index is 0. The second-order valence-electron chi connectivity index (χ2n) is 6.48. The summed E-state index contributed by atoms with van der Waals surface area (Å²) in [5.74, 6) is 0.560. The maximum absolute atomic E-state index is 3.36. The van der Waals surface area contributed by atoms with Gasteiger partial charge in [-0.2, -0.15) is 28.7 Å². The smallest absolute Gasteiger partial charge is 0.0809 e. The molecule has 0 radical (unpaired) electrons. The zero-order valence-electron chi connectivity index (χ0n) is 16.8. The first-order chi connectivity index (χ1) is 11.4. The SMILES string of the molecule is CC1=[C-]C(C)C(C)=C1C.CCC[Si](C)=[Zr+2].Cl.Cl.c1ccc2[cH-]ccc2c1. The monoisotopic (exact) mass is 484 g/mol. The Labute approximate surface area is 188 Å². The third kappa shape index (κ3) is 9.79. The molecule has 0 aromatic heterocycles. The molecule has 0 bridgehead atoms. The molecule has 0 N–H and O–H groups in total. The van der Waals surface area contributed by atoms with Gasteiger partial charge in [-0.25, -0.2) is 5.57 Å².